The Kier molecular flexibility index (Phi) is 5.64. The normalized spacial score (nSPS) is 21.6. The topological polar surface area (TPSA) is 19.6 Å². The van der Waals surface area contributed by atoms with E-state index in [2.05, 4.69) is 154 Å². The van der Waals surface area contributed by atoms with Crippen LogP contribution in [0.3, 0.4) is 0 Å². The molecule has 1 saturated carbocycles. The van der Waals surface area contributed by atoms with E-state index < -0.39 is 0 Å². The molecule has 0 saturated heterocycles. The van der Waals surface area contributed by atoms with E-state index in [-0.39, 0.29) is 23.2 Å². The van der Waals surface area contributed by atoms with Crippen LogP contribution in [-0.2, 0) is 10.8 Å². The Balaban J connectivity index is 1.39. The van der Waals surface area contributed by atoms with Gasteiger partial charge in [-0.15, -0.1) is 0 Å². The minimum Gasteiger partial charge on any atom is -0.456 e. The minimum atomic E-state index is -0.0415. The van der Waals surface area contributed by atoms with Crippen molar-refractivity contribution in [3.05, 3.63) is 120 Å². The van der Waals surface area contributed by atoms with E-state index in [0.717, 1.165) is 11.2 Å². The van der Waals surface area contributed by atoms with Crippen LogP contribution in [0.5, 0.6) is 0 Å². The summed E-state index contributed by atoms with van der Waals surface area (Å²) in [6.45, 7) is 14.6. The molecule has 4 heteroatoms. The van der Waals surface area contributed by atoms with Crippen molar-refractivity contribution in [2.24, 2.45) is 0 Å². The fourth-order valence-electron chi connectivity index (χ4n) is 10.8. The van der Waals surface area contributed by atoms with Gasteiger partial charge >= 0.3 is 6.85 Å². The number of para-hydroxylation sites is 2. The number of aryl methyl sites for hydroxylation is 1. The summed E-state index contributed by atoms with van der Waals surface area (Å²) in [5.74, 6) is 0. The van der Waals surface area contributed by atoms with Gasteiger partial charge in [0.2, 0.25) is 0 Å². The predicted molar refractivity (Wildman–Crippen MR) is 217 cm³/mol. The number of hydrogen-bond acceptors (Lipinski definition) is 3. The summed E-state index contributed by atoms with van der Waals surface area (Å²) in [6, 6.07) is 39.1. The quantitative estimate of drug-likeness (QED) is 0.163. The van der Waals surface area contributed by atoms with Gasteiger partial charge in [-0.1, -0.05) is 113 Å². The standard InChI is InChI=1S/C47H43BN2O/c1-28-15-7-11-19-37(28)50-42-32(21-22-39-40(42)33-18-10-12-20-38(33)51-39)34-25-29-16-8-9-17-31(29)43-41(34)48(50)36-27-30(45(2,3)4)26-35-44(36)49(43)47(6)24-14-13-23-46(35,47)5/h7-12,15-22,25-27H,13-14,23-24H2,1-6H3. The van der Waals surface area contributed by atoms with Gasteiger partial charge < -0.3 is 14.1 Å². The number of anilines is 4. The summed E-state index contributed by atoms with van der Waals surface area (Å²) < 4.78 is 6.63. The lowest BCUT2D eigenvalue weighted by molar-refractivity contribution is 0.195. The average Bonchev–Trinajstić information content (AvgIpc) is 3.60. The molecule has 11 rings (SSSR count). The zero-order chi connectivity index (χ0) is 34.6. The number of fused-ring (bicyclic) bond motifs is 13. The number of hydrogen-bond donors (Lipinski definition) is 0. The zero-order valence-corrected chi connectivity index (χ0v) is 30.5. The Morgan fingerprint density at radius 1 is 0.706 bits per heavy atom. The average molecular weight is 663 g/mol. The Hall–Kier alpha value is -4.96. The molecular formula is C47H43BN2O. The fourth-order valence-corrected chi connectivity index (χ4v) is 10.8. The molecule has 2 atom stereocenters. The van der Waals surface area contributed by atoms with Crippen molar-refractivity contribution < 1.29 is 4.42 Å². The van der Waals surface area contributed by atoms with Gasteiger partial charge in [-0.25, -0.2) is 0 Å². The maximum atomic E-state index is 6.63. The Morgan fingerprint density at radius 2 is 1.45 bits per heavy atom. The number of furan rings is 1. The van der Waals surface area contributed by atoms with Crippen molar-refractivity contribution in [1.29, 1.82) is 0 Å². The molecule has 250 valence electrons. The first-order valence-corrected chi connectivity index (χ1v) is 18.9. The largest absolute Gasteiger partial charge is 0.456 e. The van der Waals surface area contributed by atoms with Crippen molar-refractivity contribution in [2.45, 2.75) is 83.6 Å². The third-order valence-electron chi connectivity index (χ3n) is 13.6. The van der Waals surface area contributed by atoms with Crippen molar-refractivity contribution >= 4 is 73.2 Å². The second-order valence-corrected chi connectivity index (χ2v) is 17.3. The van der Waals surface area contributed by atoms with Gasteiger partial charge in [0, 0.05) is 44.5 Å². The molecule has 1 aliphatic carbocycles. The molecule has 1 fully saturated rings. The lowest BCUT2D eigenvalue weighted by Crippen LogP contribution is -2.65. The molecule has 4 heterocycles. The molecule has 51 heavy (non-hydrogen) atoms. The van der Waals surface area contributed by atoms with Crippen LogP contribution in [0.1, 0.15) is 77.0 Å². The fraction of sp³-hybridized carbons (Fsp3) is 0.277. The highest BCUT2D eigenvalue weighted by Crippen LogP contribution is 2.63. The third kappa shape index (κ3) is 3.56. The van der Waals surface area contributed by atoms with E-state index in [1.165, 1.54) is 103 Å². The van der Waals surface area contributed by atoms with Gasteiger partial charge in [0.1, 0.15) is 11.2 Å². The van der Waals surface area contributed by atoms with Crippen LogP contribution in [0.2, 0.25) is 0 Å². The highest BCUT2D eigenvalue weighted by Gasteiger charge is 2.62. The van der Waals surface area contributed by atoms with Gasteiger partial charge in [0.05, 0.1) is 10.9 Å². The molecule has 0 amide bonds. The van der Waals surface area contributed by atoms with Gasteiger partial charge in [0.25, 0.3) is 0 Å². The summed E-state index contributed by atoms with van der Waals surface area (Å²) in [5.41, 5.74) is 17.0. The van der Waals surface area contributed by atoms with Crippen LogP contribution in [0, 0.1) is 6.92 Å². The van der Waals surface area contributed by atoms with Crippen LogP contribution < -0.4 is 20.6 Å². The van der Waals surface area contributed by atoms with Crippen LogP contribution in [-0.4, -0.2) is 12.4 Å². The molecule has 4 aliphatic rings. The molecule has 7 aromatic rings. The van der Waals surface area contributed by atoms with Crippen LogP contribution in [0.4, 0.5) is 22.7 Å². The van der Waals surface area contributed by atoms with Crippen molar-refractivity contribution in [1.82, 2.24) is 0 Å². The molecule has 3 nitrogen and oxygen atoms in total. The maximum Gasteiger partial charge on any atom is 0.333 e. The molecular weight excluding hydrogens is 619 g/mol. The third-order valence-corrected chi connectivity index (χ3v) is 13.6. The molecule has 0 bridgehead atoms. The van der Waals surface area contributed by atoms with Gasteiger partial charge in [0.15, 0.2) is 0 Å². The summed E-state index contributed by atoms with van der Waals surface area (Å²) in [6.07, 6.45) is 4.93. The Labute approximate surface area is 301 Å². The summed E-state index contributed by atoms with van der Waals surface area (Å²) in [7, 11) is 0. The molecule has 0 radical (unpaired) electrons. The number of rotatable bonds is 1. The molecule has 0 spiro atoms. The van der Waals surface area contributed by atoms with Crippen LogP contribution in [0.15, 0.2) is 108 Å². The van der Waals surface area contributed by atoms with Crippen molar-refractivity contribution in [2.75, 3.05) is 9.71 Å². The van der Waals surface area contributed by atoms with Crippen LogP contribution >= 0.6 is 0 Å². The zero-order valence-electron chi connectivity index (χ0n) is 30.5. The first-order chi connectivity index (χ1) is 24.6. The van der Waals surface area contributed by atoms with E-state index in [1.54, 1.807) is 5.56 Å². The van der Waals surface area contributed by atoms with Crippen molar-refractivity contribution in [3.8, 4) is 11.1 Å². The van der Waals surface area contributed by atoms with Gasteiger partial charge in [-0.2, -0.15) is 0 Å². The van der Waals surface area contributed by atoms with Crippen molar-refractivity contribution in [3.63, 3.8) is 0 Å². The monoisotopic (exact) mass is 662 g/mol. The summed E-state index contributed by atoms with van der Waals surface area (Å²) >= 11 is 0. The van der Waals surface area contributed by atoms with Gasteiger partial charge in [-0.3, -0.25) is 0 Å². The summed E-state index contributed by atoms with van der Waals surface area (Å²) in [5, 5.41) is 5.04. The lowest BCUT2D eigenvalue weighted by atomic mass is 9.42. The van der Waals surface area contributed by atoms with E-state index in [0.29, 0.717) is 0 Å². The number of nitrogens with zero attached hydrogens (tertiary/aromatic N) is 2. The molecule has 1 aromatic heterocycles. The molecule has 0 N–H and O–H groups in total. The second-order valence-electron chi connectivity index (χ2n) is 17.3. The lowest BCUT2D eigenvalue weighted by Gasteiger charge is -2.53. The SMILES string of the molecule is Cc1ccccc1N1B2c3cc(C(C)(C)C)cc4c3N(c3c2c(cc2ccccc32)-c2ccc3oc5ccccc5c3c21)C1(C)CCCCC41C. The molecule has 2 unspecified atom stereocenters. The highest BCUT2D eigenvalue weighted by atomic mass is 16.3. The van der Waals surface area contributed by atoms with E-state index in [1.807, 2.05) is 0 Å². The van der Waals surface area contributed by atoms with Gasteiger partial charge in [-0.05, 0) is 101 Å². The second kappa shape index (κ2) is 9.67. The predicted octanol–water partition coefficient (Wildman–Crippen LogP) is 11.3. The minimum absolute atomic E-state index is 0.000957. The van der Waals surface area contributed by atoms with E-state index in [9.17, 15) is 0 Å². The number of benzene rings is 6. The summed E-state index contributed by atoms with van der Waals surface area (Å²) in [4.78, 5) is 5.61. The molecule has 6 aromatic carbocycles. The van der Waals surface area contributed by atoms with E-state index in [4.69, 9.17) is 4.42 Å². The highest BCUT2D eigenvalue weighted by molar-refractivity contribution is 6.94. The van der Waals surface area contributed by atoms with E-state index >= 15 is 0 Å². The first kappa shape index (κ1) is 29.7. The molecule has 3 aliphatic heterocycles. The first-order valence-electron chi connectivity index (χ1n) is 18.9. The maximum absolute atomic E-state index is 6.63. The Morgan fingerprint density at radius 3 is 2.27 bits per heavy atom. The smallest absolute Gasteiger partial charge is 0.333 e. The Bertz CT molecular complexity index is 2660. The van der Waals surface area contributed by atoms with Crippen LogP contribution in [0.25, 0.3) is 43.8 Å².